The van der Waals surface area contributed by atoms with Gasteiger partial charge in [0.2, 0.25) is 0 Å². The van der Waals surface area contributed by atoms with Gasteiger partial charge in [0.1, 0.15) is 11.5 Å². The van der Waals surface area contributed by atoms with Crippen LogP contribution in [0, 0.1) is 5.82 Å². The Morgan fingerprint density at radius 2 is 2.16 bits per heavy atom. The molecule has 3 aromatic rings. The molecule has 1 amide bonds. The van der Waals surface area contributed by atoms with Crippen LogP contribution in [-0.2, 0) is 4.74 Å². The average molecular weight is 384 g/mol. The van der Waals surface area contributed by atoms with Gasteiger partial charge in [-0.25, -0.2) is 14.2 Å². The van der Waals surface area contributed by atoms with Crippen LogP contribution in [0.25, 0.3) is 21.9 Å². The standard InChI is InChI=1S/C17H16Cl2FN3O2/c1-3-4-5-25-17(24)23(2)12-7-9(20)6-10-13-14(19)11(18)8-21-16(13)22-15(10)12/h6-8H,3-5H2,1-2H3,(H,21,22). The summed E-state index contributed by atoms with van der Waals surface area (Å²) in [6, 6.07) is 2.59. The van der Waals surface area contributed by atoms with Crippen LogP contribution in [0.4, 0.5) is 14.9 Å². The minimum absolute atomic E-state index is 0.271. The zero-order chi connectivity index (χ0) is 18.1. The van der Waals surface area contributed by atoms with E-state index in [-0.39, 0.29) is 10.0 Å². The summed E-state index contributed by atoms with van der Waals surface area (Å²) in [5, 5.41) is 1.56. The number of benzene rings is 1. The summed E-state index contributed by atoms with van der Waals surface area (Å²) in [4.78, 5) is 20.7. The topological polar surface area (TPSA) is 58.2 Å². The van der Waals surface area contributed by atoms with Gasteiger partial charge < -0.3 is 9.72 Å². The van der Waals surface area contributed by atoms with Gasteiger partial charge in [-0.3, -0.25) is 4.90 Å². The summed E-state index contributed by atoms with van der Waals surface area (Å²) in [6.45, 7) is 2.31. The van der Waals surface area contributed by atoms with Crippen LogP contribution in [0.2, 0.25) is 10.0 Å². The number of fused-ring (bicyclic) bond motifs is 3. The van der Waals surface area contributed by atoms with E-state index in [2.05, 4.69) is 9.97 Å². The number of unbranched alkanes of at least 4 members (excludes halogenated alkanes) is 1. The van der Waals surface area contributed by atoms with E-state index in [0.717, 1.165) is 12.8 Å². The molecule has 2 heterocycles. The monoisotopic (exact) mass is 383 g/mol. The van der Waals surface area contributed by atoms with Crippen molar-refractivity contribution in [3.8, 4) is 0 Å². The third kappa shape index (κ3) is 3.24. The molecule has 3 rings (SSSR count). The highest BCUT2D eigenvalue weighted by molar-refractivity contribution is 6.46. The number of aromatic nitrogens is 2. The Morgan fingerprint density at radius 1 is 1.40 bits per heavy atom. The summed E-state index contributed by atoms with van der Waals surface area (Å²) >= 11 is 12.3. The van der Waals surface area contributed by atoms with Gasteiger partial charge in [-0.1, -0.05) is 36.5 Å². The molecule has 0 saturated heterocycles. The van der Waals surface area contributed by atoms with Crippen LogP contribution in [0.5, 0.6) is 0 Å². The largest absolute Gasteiger partial charge is 0.449 e. The van der Waals surface area contributed by atoms with Crippen molar-refractivity contribution in [1.29, 1.82) is 0 Å². The first-order valence-corrected chi connectivity index (χ1v) is 8.55. The van der Waals surface area contributed by atoms with Gasteiger partial charge in [0.05, 0.1) is 27.9 Å². The number of carbonyl (C=O) groups excluding carboxylic acids is 1. The van der Waals surface area contributed by atoms with Crippen molar-refractivity contribution in [3.05, 3.63) is 34.2 Å². The Hall–Kier alpha value is -2.05. The minimum Gasteiger partial charge on any atom is -0.449 e. The van der Waals surface area contributed by atoms with Gasteiger partial charge in [-0.2, -0.15) is 0 Å². The number of amides is 1. The van der Waals surface area contributed by atoms with E-state index < -0.39 is 11.9 Å². The maximum atomic E-state index is 14.2. The van der Waals surface area contributed by atoms with Crippen molar-refractivity contribution < 1.29 is 13.9 Å². The first kappa shape index (κ1) is 17.8. The smallest absolute Gasteiger partial charge is 0.414 e. The summed E-state index contributed by atoms with van der Waals surface area (Å²) < 4.78 is 19.4. The lowest BCUT2D eigenvalue weighted by molar-refractivity contribution is 0.153. The molecule has 0 bridgehead atoms. The molecule has 0 atom stereocenters. The molecule has 0 saturated carbocycles. The minimum atomic E-state index is -0.559. The van der Waals surface area contributed by atoms with E-state index in [1.165, 1.54) is 30.3 Å². The van der Waals surface area contributed by atoms with Gasteiger partial charge in [0.15, 0.2) is 0 Å². The predicted molar refractivity (Wildman–Crippen MR) is 98.2 cm³/mol. The molecule has 1 N–H and O–H groups in total. The number of nitrogens with one attached hydrogen (secondary N) is 1. The Bertz CT molecular complexity index is 958. The molecule has 0 aliphatic rings. The first-order chi connectivity index (χ1) is 11.9. The van der Waals surface area contributed by atoms with Crippen LogP contribution >= 0.6 is 23.2 Å². The van der Waals surface area contributed by atoms with Crippen molar-refractivity contribution >= 4 is 56.9 Å². The summed E-state index contributed by atoms with van der Waals surface area (Å²) in [5.41, 5.74) is 1.33. The second-order valence-electron chi connectivity index (χ2n) is 5.64. The van der Waals surface area contributed by atoms with E-state index in [1.54, 1.807) is 0 Å². The summed E-state index contributed by atoms with van der Waals surface area (Å²) in [7, 11) is 1.52. The van der Waals surface area contributed by atoms with Crippen LogP contribution < -0.4 is 4.90 Å². The number of anilines is 1. The molecule has 0 aliphatic carbocycles. The van der Waals surface area contributed by atoms with E-state index in [1.807, 2.05) is 6.92 Å². The van der Waals surface area contributed by atoms with E-state index in [9.17, 15) is 9.18 Å². The number of nitrogens with zero attached hydrogens (tertiary/aromatic N) is 2. The number of H-pyrrole nitrogens is 1. The van der Waals surface area contributed by atoms with Crippen molar-refractivity contribution in [2.24, 2.45) is 0 Å². The van der Waals surface area contributed by atoms with Crippen LogP contribution in [-0.4, -0.2) is 29.7 Å². The molecular formula is C17H16Cl2FN3O2. The van der Waals surface area contributed by atoms with Gasteiger partial charge >= 0.3 is 6.09 Å². The molecule has 5 nitrogen and oxygen atoms in total. The molecule has 25 heavy (non-hydrogen) atoms. The fourth-order valence-corrected chi connectivity index (χ4v) is 2.99. The fourth-order valence-electron chi connectivity index (χ4n) is 2.61. The highest BCUT2D eigenvalue weighted by atomic mass is 35.5. The van der Waals surface area contributed by atoms with E-state index in [0.29, 0.717) is 34.2 Å². The van der Waals surface area contributed by atoms with E-state index in [4.69, 9.17) is 27.9 Å². The lowest BCUT2D eigenvalue weighted by Crippen LogP contribution is -2.27. The lowest BCUT2D eigenvalue weighted by Gasteiger charge is -2.18. The predicted octanol–water partition coefficient (Wildman–Crippen LogP) is 5.53. The van der Waals surface area contributed by atoms with Crippen molar-refractivity contribution in [3.63, 3.8) is 0 Å². The fraction of sp³-hybridized carbons (Fsp3) is 0.294. The zero-order valence-corrected chi connectivity index (χ0v) is 15.2. The number of pyridine rings is 1. The maximum Gasteiger partial charge on any atom is 0.414 e. The molecule has 0 fully saturated rings. The second kappa shape index (κ2) is 7.06. The molecule has 0 aliphatic heterocycles. The maximum absolute atomic E-state index is 14.2. The van der Waals surface area contributed by atoms with Gasteiger partial charge in [0, 0.05) is 24.0 Å². The van der Waals surface area contributed by atoms with Crippen molar-refractivity contribution in [1.82, 2.24) is 9.97 Å². The van der Waals surface area contributed by atoms with Gasteiger partial charge in [0.25, 0.3) is 0 Å². The first-order valence-electron chi connectivity index (χ1n) is 7.79. The van der Waals surface area contributed by atoms with Gasteiger partial charge in [-0.15, -0.1) is 0 Å². The van der Waals surface area contributed by atoms with Crippen LogP contribution in [0.3, 0.4) is 0 Å². The highest BCUT2D eigenvalue weighted by Crippen LogP contribution is 2.38. The lowest BCUT2D eigenvalue weighted by atomic mass is 10.1. The number of hydrogen-bond donors (Lipinski definition) is 1. The van der Waals surface area contributed by atoms with Crippen LogP contribution in [0.1, 0.15) is 19.8 Å². The number of carbonyl (C=O) groups is 1. The molecule has 0 unspecified atom stereocenters. The highest BCUT2D eigenvalue weighted by Gasteiger charge is 2.21. The third-order valence-electron chi connectivity index (χ3n) is 3.93. The summed E-state index contributed by atoms with van der Waals surface area (Å²) in [6.07, 6.45) is 2.54. The molecule has 8 heteroatoms. The molecular weight excluding hydrogens is 368 g/mol. The quantitative estimate of drug-likeness (QED) is 0.602. The normalized spacial score (nSPS) is 11.2. The average Bonchev–Trinajstić information content (AvgIpc) is 2.96. The third-order valence-corrected chi connectivity index (χ3v) is 4.70. The van der Waals surface area contributed by atoms with Crippen LogP contribution in [0.15, 0.2) is 18.3 Å². The summed E-state index contributed by atoms with van der Waals surface area (Å²) in [5.74, 6) is -0.507. The SMILES string of the molecule is CCCCOC(=O)N(C)c1cc(F)cc2c1[nH]c1ncc(Cl)c(Cl)c12. The van der Waals surface area contributed by atoms with Crippen molar-refractivity contribution in [2.75, 3.05) is 18.6 Å². The number of hydrogen-bond acceptors (Lipinski definition) is 3. The Balaban J connectivity index is 2.12. The number of rotatable bonds is 4. The molecule has 0 radical (unpaired) electrons. The molecule has 0 spiro atoms. The number of ether oxygens (including phenoxy) is 1. The Kier molecular flexibility index (Phi) is 5.01. The second-order valence-corrected chi connectivity index (χ2v) is 6.43. The van der Waals surface area contributed by atoms with E-state index >= 15 is 0 Å². The number of halogens is 3. The number of aromatic amines is 1. The van der Waals surface area contributed by atoms with Crippen molar-refractivity contribution in [2.45, 2.75) is 19.8 Å². The molecule has 2 aromatic heterocycles. The Labute approximate surface area is 153 Å². The molecule has 132 valence electrons. The Morgan fingerprint density at radius 3 is 2.88 bits per heavy atom. The zero-order valence-electron chi connectivity index (χ0n) is 13.7. The molecule has 1 aromatic carbocycles. The van der Waals surface area contributed by atoms with Gasteiger partial charge in [-0.05, 0) is 18.6 Å².